The van der Waals surface area contributed by atoms with Gasteiger partial charge in [0.25, 0.3) is 5.91 Å². The largest absolute Gasteiger partial charge is 0.335 e. The lowest BCUT2D eigenvalue weighted by Crippen LogP contribution is -2.41. The molecule has 0 saturated carbocycles. The van der Waals surface area contributed by atoms with Crippen LogP contribution in [0.5, 0.6) is 0 Å². The number of hydrogen-bond acceptors (Lipinski definition) is 6. The highest BCUT2D eigenvalue weighted by atomic mass is 32.2. The average molecular weight is 396 g/mol. The van der Waals surface area contributed by atoms with Crippen molar-refractivity contribution in [2.75, 3.05) is 23.4 Å². The number of benzene rings is 1. The Kier molecular flexibility index (Phi) is 5.36. The predicted octanol–water partition coefficient (Wildman–Crippen LogP) is 2.15. The zero-order chi connectivity index (χ0) is 19.6. The summed E-state index contributed by atoms with van der Waals surface area (Å²) in [5.74, 6) is -2.16. The van der Waals surface area contributed by atoms with Crippen molar-refractivity contribution in [2.45, 2.75) is 19.4 Å². The molecule has 2 aromatic rings. The standard InChI is InChI=1S/C17H18F2N4O3S/c1-2-23(13-5-6-27(25,26)10-13)16(24)11-8-20-17(21-9-11)22-12-3-4-14(18)15(19)7-12/h3-4,7-9,13H,2,5-6,10H2,1H3,(H,20,21,22). The van der Waals surface area contributed by atoms with Gasteiger partial charge in [0.1, 0.15) is 0 Å². The third-order valence-corrected chi connectivity index (χ3v) is 6.08. The summed E-state index contributed by atoms with van der Waals surface area (Å²) >= 11 is 0. The molecule has 1 aliphatic rings. The summed E-state index contributed by atoms with van der Waals surface area (Å²) in [5, 5.41) is 2.71. The molecule has 10 heteroatoms. The molecule has 1 amide bonds. The van der Waals surface area contributed by atoms with Crippen LogP contribution in [-0.4, -0.2) is 53.3 Å². The summed E-state index contributed by atoms with van der Waals surface area (Å²) in [6.45, 7) is 2.15. The van der Waals surface area contributed by atoms with E-state index in [4.69, 9.17) is 0 Å². The summed E-state index contributed by atoms with van der Waals surface area (Å²) in [6, 6.07) is 2.93. The third-order valence-electron chi connectivity index (χ3n) is 4.33. The van der Waals surface area contributed by atoms with Gasteiger partial charge in [0.2, 0.25) is 5.95 Å². The van der Waals surface area contributed by atoms with E-state index in [-0.39, 0.29) is 40.7 Å². The van der Waals surface area contributed by atoms with E-state index in [1.165, 1.54) is 23.4 Å². The van der Waals surface area contributed by atoms with Crippen LogP contribution in [0, 0.1) is 11.6 Å². The molecule has 7 nitrogen and oxygen atoms in total. The Morgan fingerprint density at radius 2 is 1.96 bits per heavy atom. The van der Waals surface area contributed by atoms with Crippen LogP contribution >= 0.6 is 0 Å². The molecule has 1 unspecified atom stereocenters. The number of carbonyl (C=O) groups excluding carboxylic acids is 1. The lowest BCUT2D eigenvalue weighted by Gasteiger charge is -2.26. The maximum atomic E-state index is 13.2. The van der Waals surface area contributed by atoms with Gasteiger partial charge in [-0.2, -0.15) is 0 Å². The second kappa shape index (κ2) is 7.55. The van der Waals surface area contributed by atoms with Crippen LogP contribution in [-0.2, 0) is 9.84 Å². The maximum absolute atomic E-state index is 13.2. The van der Waals surface area contributed by atoms with Gasteiger partial charge in [-0.3, -0.25) is 4.79 Å². The van der Waals surface area contributed by atoms with E-state index in [0.29, 0.717) is 13.0 Å². The quantitative estimate of drug-likeness (QED) is 0.833. The van der Waals surface area contributed by atoms with Crippen molar-refractivity contribution >= 4 is 27.4 Å². The van der Waals surface area contributed by atoms with Crippen molar-refractivity contribution in [3.8, 4) is 0 Å². The van der Waals surface area contributed by atoms with Gasteiger partial charge < -0.3 is 10.2 Å². The normalized spacial score (nSPS) is 18.3. The predicted molar refractivity (Wildman–Crippen MR) is 95.4 cm³/mol. The number of sulfone groups is 1. The van der Waals surface area contributed by atoms with Crippen molar-refractivity contribution in [2.24, 2.45) is 0 Å². The molecule has 0 bridgehead atoms. The molecule has 1 aliphatic heterocycles. The zero-order valence-electron chi connectivity index (χ0n) is 14.5. The molecule has 0 radical (unpaired) electrons. The molecule has 1 aromatic carbocycles. The summed E-state index contributed by atoms with van der Waals surface area (Å²) in [5.41, 5.74) is 0.483. The maximum Gasteiger partial charge on any atom is 0.257 e. The summed E-state index contributed by atoms with van der Waals surface area (Å²) in [6.07, 6.45) is 3.03. The highest BCUT2D eigenvalue weighted by Crippen LogP contribution is 2.20. The third kappa shape index (κ3) is 4.38. The van der Waals surface area contributed by atoms with Gasteiger partial charge in [0.15, 0.2) is 21.5 Å². The Labute approximate surface area is 155 Å². The number of carbonyl (C=O) groups is 1. The van der Waals surface area contributed by atoms with Crippen LogP contribution in [0.3, 0.4) is 0 Å². The van der Waals surface area contributed by atoms with Crippen LogP contribution in [0.15, 0.2) is 30.6 Å². The van der Waals surface area contributed by atoms with Crippen molar-refractivity contribution < 1.29 is 22.0 Å². The van der Waals surface area contributed by atoms with E-state index in [2.05, 4.69) is 15.3 Å². The highest BCUT2D eigenvalue weighted by Gasteiger charge is 2.34. The van der Waals surface area contributed by atoms with E-state index < -0.39 is 21.5 Å². The second-order valence-corrected chi connectivity index (χ2v) is 8.43. The first-order valence-electron chi connectivity index (χ1n) is 8.34. The van der Waals surface area contributed by atoms with Gasteiger partial charge in [0.05, 0.1) is 17.1 Å². The van der Waals surface area contributed by atoms with Crippen LogP contribution < -0.4 is 5.32 Å². The van der Waals surface area contributed by atoms with Crippen molar-refractivity contribution in [3.05, 3.63) is 47.8 Å². The fourth-order valence-corrected chi connectivity index (χ4v) is 4.69. The number of aromatic nitrogens is 2. The number of nitrogens with zero attached hydrogens (tertiary/aromatic N) is 3. The first-order valence-corrected chi connectivity index (χ1v) is 10.2. The van der Waals surface area contributed by atoms with Gasteiger partial charge in [-0.05, 0) is 25.5 Å². The van der Waals surface area contributed by atoms with E-state index in [1.54, 1.807) is 6.92 Å². The minimum Gasteiger partial charge on any atom is -0.335 e. The minimum absolute atomic E-state index is 0.0385. The SMILES string of the molecule is CCN(C(=O)c1cnc(Nc2ccc(F)c(F)c2)nc1)C1CCS(=O)(=O)C1. The minimum atomic E-state index is -3.11. The van der Waals surface area contributed by atoms with Crippen LogP contribution in [0.1, 0.15) is 23.7 Å². The molecule has 1 fully saturated rings. The van der Waals surface area contributed by atoms with E-state index in [1.807, 2.05) is 0 Å². The molecule has 1 saturated heterocycles. The number of rotatable bonds is 5. The molecular weight excluding hydrogens is 378 g/mol. The van der Waals surface area contributed by atoms with Crippen LogP contribution in [0.2, 0.25) is 0 Å². The fraction of sp³-hybridized carbons (Fsp3) is 0.353. The summed E-state index contributed by atoms with van der Waals surface area (Å²) < 4.78 is 49.5. The van der Waals surface area contributed by atoms with E-state index in [0.717, 1.165) is 12.1 Å². The average Bonchev–Trinajstić information content (AvgIpc) is 2.99. The van der Waals surface area contributed by atoms with Crippen molar-refractivity contribution in [3.63, 3.8) is 0 Å². The van der Waals surface area contributed by atoms with Gasteiger partial charge in [-0.25, -0.2) is 27.2 Å². The molecule has 2 heterocycles. The van der Waals surface area contributed by atoms with Gasteiger partial charge in [-0.15, -0.1) is 0 Å². The first-order chi connectivity index (χ1) is 12.8. The summed E-state index contributed by atoms with van der Waals surface area (Å²) in [7, 11) is -3.11. The lowest BCUT2D eigenvalue weighted by atomic mass is 10.2. The van der Waals surface area contributed by atoms with Crippen molar-refractivity contribution in [1.82, 2.24) is 14.9 Å². The number of hydrogen-bond donors (Lipinski definition) is 1. The fourth-order valence-electron chi connectivity index (χ4n) is 2.96. The van der Waals surface area contributed by atoms with Crippen LogP contribution in [0.4, 0.5) is 20.4 Å². The Balaban J connectivity index is 1.72. The second-order valence-electron chi connectivity index (χ2n) is 6.20. The lowest BCUT2D eigenvalue weighted by molar-refractivity contribution is 0.0707. The Morgan fingerprint density at radius 1 is 1.26 bits per heavy atom. The number of anilines is 2. The van der Waals surface area contributed by atoms with Crippen molar-refractivity contribution in [1.29, 1.82) is 0 Å². The monoisotopic (exact) mass is 396 g/mol. The number of halogens is 2. The molecule has 1 aromatic heterocycles. The topological polar surface area (TPSA) is 92.3 Å². The number of amides is 1. The van der Waals surface area contributed by atoms with Gasteiger partial charge in [-0.1, -0.05) is 0 Å². The first kappa shape index (κ1) is 19.2. The van der Waals surface area contributed by atoms with Crippen LogP contribution in [0.25, 0.3) is 0 Å². The highest BCUT2D eigenvalue weighted by molar-refractivity contribution is 7.91. The molecule has 0 aliphatic carbocycles. The summed E-state index contributed by atoms with van der Waals surface area (Å²) in [4.78, 5) is 22.2. The number of nitrogens with one attached hydrogen (secondary N) is 1. The molecule has 1 atom stereocenters. The molecular formula is C17H18F2N4O3S. The van der Waals surface area contributed by atoms with Gasteiger partial charge in [0, 0.05) is 36.7 Å². The Morgan fingerprint density at radius 3 is 2.52 bits per heavy atom. The molecule has 27 heavy (non-hydrogen) atoms. The van der Waals surface area contributed by atoms with E-state index in [9.17, 15) is 22.0 Å². The molecule has 0 spiro atoms. The molecule has 3 rings (SSSR count). The zero-order valence-corrected chi connectivity index (χ0v) is 15.3. The Hall–Kier alpha value is -2.62. The smallest absolute Gasteiger partial charge is 0.257 e. The van der Waals surface area contributed by atoms with E-state index >= 15 is 0 Å². The molecule has 144 valence electrons. The van der Waals surface area contributed by atoms with Gasteiger partial charge >= 0.3 is 0 Å². The molecule has 1 N–H and O–H groups in total. The Bertz CT molecular complexity index is 951.